The third-order valence-corrected chi connectivity index (χ3v) is 4.73. The van der Waals surface area contributed by atoms with E-state index >= 15 is 0 Å². The van der Waals surface area contributed by atoms with Crippen molar-refractivity contribution in [2.24, 2.45) is 0 Å². The highest BCUT2D eigenvalue weighted by molar-refractivity contribution is 5.85. The molecule has 156 valence electrons. The minimum atomic E-state index is -0.680. The van der Waals surface area contributed by atoms with Crippen LogP contribution in [0.1, 0.15) is 37.5 Å². The topological polar surface area (TPSA) is 70.7 Å². The second-order valence-electron chi connectivity index (χ2n) is 6.92. The molecule has 0 spiro atoms. The molecule has 0 saturated carbocycles. The van der Waals surface area contributed by atoms with Crippen LogP contribution in [0, 0.1) is 0 Å². The van der Waals surface area contributed by atoms with Crippen molar-refractivity contribution in [1.82, 2.24) is 15.5 Å². The standard InChI is InChI=1S/C23H31N3O3/c1-4-26(5-2)16-20-13-11-19(12-14-20)15-24-22(27)18(3)25-23(28)29-17-21-9-7-6-8-10-21/h6-14,18H,4-5,15-17H2,1-3H3,(H,24,27)(H,25,28). The second-order valence-corrected chi connectivity index (χ2v) is 6.92. The lowest BCUT2D eigenvalue weighted by Crippen LogP contribution is -2.44. The molecule has 1 atom stereocenters. The van der Waals surface area contributed by atoms with Crippen LogP contribution in [0.3, 0.4) is 0 Å². The molecule has 6 heteroatoms. The van der Waals surface area contributed by atoms with Crippen LogP contribution in [0.15, 0.2) is 54.6 Å². The summed E-state index contributed by atoms with van der Waals surface area (Å²) in [5.41, 5.74) is 3.16. The van der Waals surface area contributed by atoms with E-state index in [1.54, 1.807) is 6.92 Å². The van der Waals surface area contributed by atoms with Crippen LogP contribution in [0.4, 0.5) is 4.79 Å². The van der Waals surface area contributed by atoms with Crippen molar-refractivity contribution >= 4 is 12.0 Å². The average molecular weight is 398 g/mol. The molecule has 29 heavy (non-hydrogen) atoms. The largest absolute Gasteiger partial charge is 0.445 e. The Hall–Kier alpha value is -2.86. The van der Waals surface area contributed by atoms with Gasteiger partial charge >= 0.3 is 6.09 Å². The van der Waals surface area contributed by atoms with Crippen LogP contribution >= 0.6 is 0 Å². The minimum absolute atomic E-state index is 0.168. The highest BCUT2D eigenvalue weighted by Crippen LogP contribution is 2.08. The van der Waals surface area contributed by atoms with E-state index in [1.807, 2.05) is 42.5 Å². The van der Waals surface area contributed by atoms with Crippen molar-refractivity contribution in [3.8, 4) is 0 Å². The monoisotopic (exact) mass is 397 g/mol. The van der Waals surface area contributed by atoms with Crippen LogP contribution in [0.2, 0.25) is 0 Å². The lowest BCUT2D eigenvalue weighted by molar-refractivity contribution is -0.122. The highest BCUT2D eigenvalue weighted by atomic mass is 16.5. The van der Waals surface area contributed by atoms with Crippen molar-refractivity contribution in [1.29, 1.82) is 0 Å². The first-order chi connectivity index (χ1) is 14.0. The first-order valence-electron chi connectivity index (χ1n) is 10.1. The second kappa shape index (κ2) is 11.9. The zero-order chi connectivity index (χ0) is 21.1. The van der Waals surface area contributed by atoms with Crippen LogP contribution in [-0.4, -0.2) is 36.0 Å². The van der Waals surface area contributed by atoms with Crippen LogP contribution in [0.25, 0.3) is 0 Å². The van der Waals surface area contributed by atoms with Gasteiger partial charge in [-0.1, -0.05) is 68.4 Å². The van der Waals surface area contributed by atoms with Gasteiger partial charge in [-0.15, -0.1) is 0 Å². The lowest BCUT2D eigenvalue weighted by atomic mass is 10.1. The Labute approximate surface area is 173 Å². The number of hydrogen-bond donors (Lipinski definition) is 2. The highest BCUT2D eigenvalue weighted by Gasteiger charge is 2.16. The number of nitrogens with zero attached hydrogens (tertiary/aromatic N) is 1. The number of rotatable bonds is 10. The number of ether oxygens (including phenoxy) is 1. The summed E-state index contributed by atoms with van der Waals surface area (Å²) in [7, 11) is 0. The van der Waals surface area contributed by atoms with Crippen molar-refractivity contribution in [3.05, 3.63) is 71.3 Å². The van der Waals surface area contributed by atoms with E-state index < -0.39 is 12.1 Å². The maximum atomic E-state index is 12.2. The van der Waals surface area contributed by atoms with Gasteiger partial charge in [0.1, 0.15) is 12.6 Å². The molecule has 6 nitrogen and oxygen atoms in total. The molecule has 0 saturated heterocycles. The van der Waals surface area contributed by atoms with Crippen molar-refractivity contribution in [2.45, 2.75) is 46.5 Å². The van der Waals surface area contributed by atoms with E-state index in [0.29, 0.717) is 6.54 Å². The smallest absolute Gasteiger partial charge is 0.408 e. The third-order valence-electron chi connectivity index (χ3n) is 4.73. The Bertz CT molecular complexity index is 759. The van der Waals surface area contributed by atoms with Gasteiger partial charge in [0.05, 0.1) is 0 Å². The minimum Gasteiger partial charge on any atom is -0.445 e. The molecule has 2 rings (SSSR count). The summed E-state index contributed by atoms with van der Waals surface area (Å²) in [5, 5.41) is 5.39. The third kappa shape index (κ3) is 7.95. The summed E-state index contributed by atoms with van der Waals surface area (Å²) in [6.07, 6.45) is -0.614. The number of amides is 2. The molecule has 0 fully saturated rings. The number of alkyl carbamates (subject to hydrolysis) is 1. The Balaban J connectivity index is 1.72. The number of hydrogen-bond acceptors (Lipinski definition) is 4. The molecule has 0 aliphatic carbocycles. The summed E-state index contributed by atoms with van der Waals surface area (Å²) in [4.78, 5) is 26.4. The SMILES string of the molecule is CCN(CC)Cc1ccc(CNC(=O)C(C)NC(=O)OCc2ccccc2)cc1. The molecule has 2 aromatic rings. The summed E-state index contributed by atoms with van der Waals surface area (Å²) in [5.74, 6) is -0.256. The Morgan fingerprint density at radius 1 is 0.931 bits per heavy atom. The fourth-order valence-corrected chi connectivity index (χ4v) is 2.82. The fourth-order valence-electron chi connectivity index (χ4n) is 2.82. The fraction of sp³-hybridized carbons (Fsp3) is 0.391. The molecular formula is C23H31N3O3. The van der Waals surface area contributed by atoms with Gasteiger partial charge in [-0.25, -0.2) is 4.79 Å². The molecule has 2 N–H and O–H groups in total. The lowest BCUT2D eigenvalue weighted by Gasteiger charge is -2.18. The molecule has 0 heterocycles. The number of carbonyl (C=O) groups is 2. The zero-order valence-electron chi connectivity index (χ0n) is 17.5. The molecule has 1 unspecified atom stereocenters. The summed E-state index contributed by atoms with van der Waals surface area (Å²) >= 11 is 0. The van der Waals surface area contributed by atoms with Gasteiger partial charge in [0.2, 0.25) is 5.91 Å². The van der Waals surface area contributed by atoms with Gasteiger partial charge < -0.3 is 15.4 Å². The summed E-state index contributed by atoms with van der Waals surface area (Å²) < 4.78 is 5.14. The van der Waals surface area contributed by atoms with Crippen molar-refractivity contribution in [2.75, 3.05) is 13.1 Å². The van der Waals surface area contributed by atoms with Gasteiger partial charge in [-0.05, 0) is 36.7 Å². The van der Waals surface area contributed by atoms with E-state index in [-0.39, 0.29) is 12.5 Å². The maximum Gasteiger partial charge on any atom is 0.408 e. The van der Waals surface area contributed by atoms with E-state index in [4.69, 9.17) is 4.74 Å². The number of benzene rings is 2. The number of carbonyl (C=O) groups excluding carboxylic acids is 2. The molecule has 0 aliphatic rings. The molecule has 2 amide bonds. The molecule has 0 bridgehead atoms. The normalized spacial score (nSPS) is 11.7. The Morgan fingerprint density at radius 3 is 2.17 bits per heavy atom. The predicted molar refractivity (Wildman–Crippen MR) is 114 cm³/mol. The first kappa shape index (κ1) is 22.4. The first-order valence-corrected chi connectivity index (χ1v) is 10.1. The predicted octanol–water partition coefficient (Wildman–Crippen LogP) is 3.46. The quantitative estimate of drug-likeness (QED) is 0.644. The van der Waals surface area contributed by atoms with E-state index in [0.717, 1.165) is 30.8 Å². The van der Waals surface area contributed by atoms with Crippen molar-refractivity contribution in [3.63, 3.8) is 0 Å². The summed E-state index contributed by atoms with van der Waals surface area (Å²) in [6, 6.07) is 16.9. The van der Waals surface area contributed by atoms with Gasteiger partial charge in [0.25, 0.3) is 0 Å². The van der Waals surface area contributed by atoms with Crippen LogP contribution < -0.4 is 10.6 Å². The molecular weight excluding hydrogens is 366 g/mol. The number of nitrogens with one attached hydrogen (secondary N) is 2. The maximum absolute atomic E-state index is 12.2. The Morgan fingerprint density at radius 2 is 1.55 bits per heavy atom. The summed E-state index contributed by atoms with van der Waals surface area (Å²) in [6.45, 7) is 9.48. The van der Waals surface area contributed by atoms with E-state index in [2.05, 4.69) is 41.5 Å². The van der Waals surface area contributed by atoms with Gasteiger partial charge in [-0.3, -0.25) is 9.69 Å². The van der Waals surface area contributed by atoms with Gasteiger partial charge in [0.15, 0.2) is 0 Å². The van der Waals surface area contributed by atoms with E-state index in [1.165, 1.54) is 5.56 Å². The van der Waals surface area contributed by atoms with Crippen molar-refractivity contribution < 1.29 is 14.3 Å². The van der Waals surface area contributed by atoms with Gasteiger partial charge in [-0.2, -0.15) is 0 Å². The molecule has 0 aliphatic heterocycles. The van der Waals surface area contributed by atoms with Gasteiger partial charge in [0, 0.05) is 13.1 Å². The average Bonchev–Trinajstić information content (AvgIpc) is 2.75. The molecule has 0 aromatic heterocycles. The zero-order valence-corrected chi connectivity index (χ0v) is 17.5. The molecule has 0 radical (unpaired) electrons. The van der Waals surface area contributed by atoms with Crippen LogP contribution in [-0.2, 0) is 29.2 Å². The van der Waals surface area contributed by atoms with E-state index in [9.17, 15) is 9.59 Å². The van der Waals surface area contributed by atoms with Crippen LogP contribution in [0.5, 0.6) is 0 Å². The Kier molecular flexibility index (Phi) is 9.18. The molecule has 2 aromatic carbocycles.